The van der Waals surface area contributed by atoms with Gasteiger partial charge in [-0.3, -0.25) is 4.79 Å². The molecule has 0 spiro atoms. The van der Waals surface area contributed by atoms with E-state index in [0.717, 1.165) is 5.56 Å². The van der Waals surface area contributed by atoms with Gasteiger partial charge in [0.05, 0.1) is 19.8 Å². The molecule has 0 aliphatic carbocycles. The lowest BCUT2D eigenvalue weighted by Crippen LogP contribution is -2.13. The second-order valence-electron chi connectivity index (χ2n) is 4.69. The van der Waals surface area contributed by atoms with E-state index in [2.05, 4.69) is 5.32 Å². The average Bonchev–Trinajstić information content (AvgIpc) is 2.48. The van der Waals surface area contributed by atoms with Gasteiger partial charge in [0.15, 0.2) is 0 Å². The summed E-state index contributed by atoms with van der Waals surface area (Å²) in [6.45, 7) is 1.88. The van der Waals surface area contributed by atoms with Crippen molar-refractivity contribution in [2.75, 3.05) is 19.5 Å². The highest BCUT2D eigenvalue weighted by molar-refractivity contribution is 5.93. The van der Waals surface area contributed by atoms with E-state index in [1.54, 1.807) is 32.4 Å². The van der Waals surface area contributed by atoms with E-state index < -0.39 is 11.7 Å². The molecule has 1 amide bonds. The Bertz CT molecular complexity index is 692. The first-order chi connectivity index (χ1) is 10.5. The lowest BCUT2D eigenvalue weighted by atomic mass is 10.1. The van der Waals surface area contributed by atoms with Crippen LogP contribution in [0, 0.1) is 12.7 Å². The van der Waals surface area contributed by atoms with Gasteiger partial charge in [0.1, 0.15) is 17.3 Å². The second kappa shape index (κ2) is 6.34. The first-order valence-electron chi connectivity index (χ1n) is 6.55. The van der Waals surface area contributed by atoms with Crippen LogP contribution in [0.25, 0.3) is 0 Å². The predicted molar refractivity (Wildman–Crippen MR) is 82.5 cm³/mol. The van der Waals surface area contributed by atoms with Crippen molar-refractivity contribution >= 4 is 17.3 Å². The first kappa shape index (κ1) is 15.6. The monoisotopic (exact) mass is 304 g/mol. The van der Waals surface area contributed by atoms with Crippen LogP contribution in [-0.2, 0) is 0 Å². The van der Waals surface area contributed by atoms with Crippen LogP contribution in [0.5, 0.6) is 11.5 Å². The molecule has 0 aliphatic heterocycles. The summed E-state index contributed by atoms with van der Waals surface area (Å²) < 4.78 is 24.3. The fraction of sp³-hybridized carbons (Fsp3) is 0.188. The molecular formula is C16H17FN2O3. The topological polar surface area (TPSA) is 73.6 Å². The number of anilines is 2. The van der Waals surface area contributed by atoms with E-state index in [1.165, 1.54) is 12.1 Å². The van der Waals surface area contributed by atoms with Gasteiger partial charge in [0.2, 0.25) is 0 Å². The summed E-state index contributed by atoms with van der Waals surface area (Å²) in [6.07, 6.45) is 0. The third kappa shape index (κ3) is 3.11. The molecule has 3 N–H and O–H groups in total. The summed E-state index contributed by atoms with van der Waals surface area (Å²) in [4.78, 5) is 11.0. The molecule has 0 bridgehead atoms. The van der Waals surface area contributed by atoms with Crippen LogP contribution in [0.4, 0.5) is 15.8 Å². The molecule has 2 aromatic rings. The Kier molecular flexibility index (Phi) is 4.50. The Hall–Kier alpha value is -2.76. The number of rotatable bonds is 5. The normalized spacial score (nSPS) is 10.2. The van der Waals surface area contributed by atoms with E-state index in [1.807, 2.05) is 6.92 Å². The summed E-state index contributed by atoms with van der Waals surface area (Å²) in [5, 5.41) is 3.04. The van der Waals surface area contributed by atoms with Crippen molar-refractivity contribution in [2.24, 2.45) is 5.73 Å². The molecule has 0 atom stereocenters. The molecule has 0 fully saturated rings. The number of nitrogens with two attached hydrogens (primary N) is 1. The van der Waals surface area contributed by atoms with Crippen molar-refractivity contribution in [1.82, 2.24) is 0 Å². The van der Waals surface area contributed by atoms with Gasteiger partial charge >= 0.3 is 0 Å². The van der Waals surface area contributed by atoms with E-state index in [-0.39, 0.29) is 5.56 Å². The molecule has 0 heterocycles. The van der Waals surface area contributed by atoms with Crippen LogP contribution in [0.1, 0.15) is 15.9 Å². The quantitative estimate of drug-likeness (QED) is 0.890. The van der Waals surface area contributed by atoms with E-state index in [9.17, 15) is 9.18 Å². The smallest absolute Gasteiger partial charge is 0.251 e. The van der Waals surface area contributed by atoms with E-state index >= 15 is 0 Å². The van der Waals surface area contributed by atoms with Gasteiger partial charge in [-0.2, -0.15) is 0 Å². The standard InChI is InChI=1S/C16H17FN2O3/c1-9-14(21-2)7-11(8-15(9)22-3)19-10-4-5-12(16(18)20)13(17)6-10/h4-8,19H,1-3H3,(H2,18,20). The first-order valence-corrected chi connectivity index (χ1v) is 6.55. The Labute approximate surface area is 127 Å². The molecule has 0 saturated heterocycles. The van der Waals surface area contributed by atoms with Gasteiger partial charge in [0, 0.05) is 29.1 Å². The lowest BCUT2D eigenvalue weighted by molar-refractivity contribution is 0.0996. The number of hydrogen-bond donors (Lipinski definition) is 2. The third-order valence-corrected chi connectivity index (χ3v) is 3.28. The van der Waals surface area contributed by atoms with E-state index in [0.29, 0.717) is 22.9 Å². The lowest BCUT2D eigenvalue weighted by Gasteiger charge is -2.14. The maximum Gasteiger partial charge on any atom is 0.251 e. The predicted octanol–water partition coefficient (Wildman–Crippen LogP) is 2.99. The van der Waals surface area contributed by atoms with Crippen molar-refractivity contribution in [2.45, 2.75) is 6.92 Å². The second-order valence-corrected chi connectivity index (χ2v) is 4.69. The number of hydrogen-bond acceptors (Lipinski definition) is 4. The zero-order valence-corrected chi connectivity index (χ0v) is 12.6. The molecule has 6 heteroatoms. The van der Waals surface area contributed by atoms with Crippen LogP contribution < -0.4 is 20.5 Å². The van der Waals surface area contributed by atoms with Crippen LogP contribution in [0.2, 0.25) is 0 Å². The minimum absolute atomic E-state index is 0.149. The number of carbonyl (C=O) groups excluding carboxylic acids is 1. The molecule has 0 saturated carbocycles. The number of nitrogens with one attached hydrogen (secondary N) is 1. The molecule has 0 aromatic heterocycles. The Balaban J connectivity index is 2.35. The van der Waals surface area contributed by atoms with Crippen molar-refractivity contribution in [3.63, 3.8) is 0 Å². The Morgan fingerprint density at radius 1 is 1.09 bits per heavy atom. The maximum atomic E-state index is 13.8. The molecule has 2 aromatic carbocycles. The molecule has 116 valence electrons. The van der Waals surface area contributed by atoms with Crippen LogP contribution in [0.15, 0.2) is 30.3 Å². The molecule has 0 radical (unpaired) electrons. The summed E-state index contributed by atoms with van der Waals surface area (Å²) in [6, 6.07) is 7.67. The van der Waals surface area contributed by atoms with Crippen LogP contribution in [-0.4, -0.2) is 20.1 Å². The largest absolute Gasteiger partial charge is 0.496 e. The number of carbonyl (C=O) groups is 1. The fourth-order valence-corrected chi connectivity index (χ4v) is 2.12. The molecule has 5 nitrogen and oxygen atoms in total. The zero-order chi connectivity index (χ0) is 16.3. The SMILES string of the molecule is COc1cc(Nc2ccc(C(N)=O)c(F)c2)cc(OC)c1C. The summed E-state index contributed by atoms with van der Waals surface area (Å²) in [5.41, 5.74) is 6.95. The highest BCUT2D eigenvalue weighted by atomic mass is 19.1. The molecule has 2 rings (SSSR count). The number of methoxy groups -OCH3 is 2. The summed E-state index contributed by atoms with van der Waals surface area (Å²) in [5.74, 6) is -0.182. The molecule has 0 unspecified atom stereocenters. The minimum Gasteiger partial charge on any atom is -0.496 e. The Morgan fingerprint density at radius 2 is 1.68 bits per heavy atom. The van der Waals surface area contributed by atoms with Crippen LogP contribution >= 0.6 is 0 Å². The number of amides is 1. The highest BCUT2D eigenvalue weighted by Gasteiger charge is 2.11. The number of halogens is 1. The van der Waals surface area contributed by atoms with Crippen LogP contribution in [0.3, 0.4) is 0 Å². The van der Waals surface area contributed by atoms with Crippen molar-refractivity contribution in [1.29, 1.82) is 0 Å². The minimum atomic E-state index is -0.803. The van der Waals surface area contributed by atoms with Gasteiger partial charge in [-0.1, -0.05) is 0 Å². The molecule has 22 heavy (non-hydrogen) atoms. The van der Waals surface area contributed by atoms with Crippen molar-refractivity contribution in [3.8, 4) is 11.5 Å². The number of benzene rings is 2. The molecular weight excluding hydrogens is 287 g/mol. The van der Waals surface area contributed by atoms with Gasteiger partial charge in [-0.05, 0) is 25.1 Å². The summed E-state index contributed by atoms with van der Waals surface area (Å²) >= 11 is 0. The maximum absolute atomic E-state index is 13.8. The highest BCUT2D eigenvalue weighted by Crippen LogP contribution is 2.33. The third-order valence-electron chi connectivity index (χ3n) is 3.28. The van der Waals surface area contributed by atoms with Crippen molar-refractivity contribution in [3.05, 3.63) is 47.3 Å². The average molecular weight is 304 g/mol. The van der Waals surface area contributed by atoms with Gasteiger partial charge in [-0.25, -0.2) is 4.39 Å². The Morgan fingerprint density at radius 3 is 2.14 bits per heavy atom. The van der Waals surface area contributed by atoms with Gasteiger partial charge in [0.25, 0.3) is 5.91 Å². The van der Waals surface area contributed by atoms with Crippen molar-refractivity contribution < 1.29 is 18.7 Å². The molecule has 0 aliphatic rings. The number of primary amides is 1. The summed E-state index contributed by atoms with van der Waals surface area (Å²) in [7, 11) is 3.12. The fourth-order valence-electron chi connectivity index (χ4n) is 2.12. The van der Waals surface area contributed by atoms with Gasteiger partial charge in [-0.15, -0.1) is 0 Å². The van der Waals surface area contributed by atoms with Gasteiger partial charge < -0.3 is 20.5 Å². The van der Waals surface area contributed by atoms with E-state index in [4.69, 9.17) is 15.2 Å². The number of ether oxygens (including phenoxy) is 2. The zero-order valence-electron chi connectivity index (χ0n) is 12.6.